The fraction of sp³-hybridized carbons (Fsp3) is 0.375. The summed E-state index contributed by atoms with van der Waals surface area (Å²) >= 11 is 0. The molecule has 11 heteroatoms. The van der Waals surface area contributed by atoms with Crippen LogP contribution in [0.4, 0.5) is 0 Å². The summed E-state index contributed by atoms with van der Waals surface area (Å²) in [4.78, 5) is 58.2. The van der Waals surface area contributed by atoms with Crippen molar-refractivity contribution in [2.75, 3.05) is 20.7 Å². The molecule has 4 heterocycles. The van der Waals surface area contributed by atoms with Crippen molar-refractivity contribution in [2.24, 2.45) is 0 Å². The van der Waals surface area contributed by atoms with Gasteiger partial charge in [0.15, 0.2) is 11.5 Å². The van der Waals surface area contributed by atoms with Gasteiger partial charge in [0.25, 0.3) is 11.8 Å². The lowest BCUT2D eigenvalue weighted by atomic mass is 9.71. The molecule has 4 aliphatic heterocycles. The molecule has 0 aromatic heterocycles. The van der Waals surface area contributed by atoms with Gasteiger partial charge in [-0.15, -0.1) is 0 Å². The largest absolute Gasteiger partial charge is 0.507 e. The maximum absolute atomic E-state index is 13.6. The van der Waals surface area contributed by atoms with Crippen LogP contribution in [0.15, 0.2) is 52.8 Å². The number of carbonyl (C=O) groups excluding carboxylic acids is 4. The molecule has 1 aliphatic carbocycles. The minimum absolute atomic E-state index is 0.0199. The summed E-state index contributed by atoms with van der Waals surface area (Å²) in [7, 11) is 3.33. The van der Waals surface area contributed by atoms with E-state index < -0.39 is 53.8 Å². The summed E-state index contributed by atoms with van der Waals surface area (Å²) < 4.78 is 5.53. The number of nitrogens with zero attached hydrogens (tertiary/aromatic N) is 3. The molecule has 0 spiro atoms. The number of carbonyl (C=O) groups is 4. The van der Waals surface area contributed by atoms with E-state index >= 15 is 0 Å². The second-order valence-corrected chi connectivity index (χ2v) is 12.0. The number of ether oxygens (including phenoxy) is 1. The molecule has 2 aromatic carbocycles. The number of fused-ring (bicyclic) bond motifs is 7. The van der Waals surface area contributed by atoms with E-state index in [2.05, 4.69) is 0 Å². The highest BCUT2D eigenvalue weighted by Gasteiger charge is 2.58. The molecule has 1 saturated heterocycles. The number of allylic oxidation sites excluding steroid dienone is 2. The third-order valence-corrected chi connectivity index (χ3v) is 9.95. The predicted octanol–water partition coefficient (Wildman–Crippen LogP) is 1.96. The summed E-state index contributed by atoms with van der Waals surface area (Å²) in [5, 5.41) is 34.7. The fourth-order valence-corrected chi connectivity index (χ4v) is 7.94. The van der Waals surface area contributed by atoms with Crippen LogP contribution in [0, 0.1) is 6.92 Å². The summed E-state index contributed by atoms with van der Waals surface area (Å²) in [5.74, 6) is -2.78. The van der Waals surface area contributed by atoms with Crippen LogP contribution in [0.1, 0.15) is 56.8 Å². The van der Waals surface area contributed by atoms with Gasteiger partial charge in [-0.3, -0.25) is 33.9 Å². The van der Waals surface area contributed by atoms with Crippen molar-refractivity contribution in [2.45, 2.75) is 57.1 Å². The number of amides is 2. The van der Waals surface area contributed by atoms with E-state index in [0.29, 0.717) is 17.7 Å². The number of methoxy groups -OCH3 is 1. The lowest BCUT2D eigenvalue weighted by Gasteiger charge is -2.60. The number of imide groups is 1. The van der Waals surface area contributed by atoms with Gasteiger partial charge in [0.05, 0.1) is 36.4 Å². The number of aryl methyl sites for hydroxylation is 1. The Morgan fingerprint density at radius 3 is 2.23 bits per heavy atom. The summed E-state index contributed by atoms with van der Waals surface area (Å²) in [6.45, 7) is 2.91. The molecule has 2 aromatic rings. The van der Waals surface area contributed by atoms with Crippen molar-refractivity contribution in [3.05, 3.63) is 80.6 Å². The number of hydrogen-bond donors (Lipinski definition) is 3. The van der Waals surface area contributed by atoms with Gasteiger partial charge in [-0.05, 0) is 57.0 Å². The van der Waals surface area contributed by atoms with Gasteiger partial charge < -0.3 is 20.1 Å². The molecule has 1 fully saturated rings. The van der Waals surface area contributed by atoms with E-state index in [-0.39, 0.29) is 52.3 Å². The van der Waals surface area contributed by atoms with Gasteiger partial charge in [-0.2, -0.15) is 0 Å². The highest BCUT2D eigenvalue weighted by molar-refractivity contribution is 6.50. The second-order valence-electron chi connectivity index (χ2n) is 12.0. The number of phenolic OH excluding ortho intramolecular Hbond substituents is 1. The van der Waals surface area contributed by atoms with Crippen molar-refractivity contribution >= 4 is 23.4 Å². The molecule has 5 atom stereocenters. The van der Waals surface area contributed by atoms with Crippen LogP contribution in [0.5, 0.6) is 11.5 Å². The standard InChI is InChI=1S/C32H31N3O8/c1-13-9-15-10-20-32(42)35-19(24(33(20)3)22(15)28(39)29(13)43-4)11-18-23(27(38)26(37)14(2)25(18)36)21(35)12-34-30(40)16-7-5-6-8-17(16)31(34)41/h5-9,19-21,24,32,36,39,42H,10-12H2,1-4H3/t19-,20-,21-,24-,32-/m0/s1. The molecular formula is C32H31N3O8. The molecule has 2 amide bonds. The van der Waals surface area contributed by atoms with Gasteiger partial charge in [0.1, 0.15) is 12.0 Å². The number of phenols is 1. The third-order valence-electron chi connectivity index (χ3n) is 9.95. The van der Waals surface area contributed by atoms with Crippen LogP contribution < -0.4 is 4.74 Å². The lowest BCUT2D eigenvalue weighted by molar-refractivity contribution is -0.167. The lowest BCUT2D eigenvalue weighted by Crippen LogP contribution is -2.71. The van der Waals surface area contributed by atoms with E-state index in [9.17, 15) is 34.5 Å². The first-order chi connectivity index (χ1) is 20.5. The van der Waals surface area contributed by atoms with Crippen LogP contribution in [-0.4, -0.2) is 98.5 Å². The molecule has 0 unspecified atom stereocenters. The number of Topliss-reactive ketones (excluding diaryl/α,β-unsaturated/α-hetero) is 2. The predicted molar refractivity (Wildman–Crippen MR) is 152 cm³/mol. The van der Waals surface area contributed by atoms with Crippen molar-refractivity contribution in [3.8, 4) is 11.5 Å². The minimum Gasteiger partial charge on any atom is -0.507 e. The maximum Gasteiger partial charge on any atom is 0.261 e. The van der Waals surface area contributed by atoms with Gasteiger partial charge in [-0.1, -0.05) is 18.2 Å². The highest BCUT2D eigenvalue weighted by atomic mass is 16.5. The summed E-state index contributed by atoms with van der Waals surface area (Å²) in [5.41, 5.74) is 2.82. The molecule has 3 N–H and O–H groups in total. The van der Waals surface area contributed by atoms with Gasteiger partial charge in [-0.25, -0.2) is 0 Å². The topological polar surface area (TPSA) is 148 Å². The van der Waals surface area contributed by atoms with Gasteiger partial charge in [0, 0.05) is 34.9 Å². The summed E-state index contributed by atoms with van der Waals surface area (Å²) in [6, 6.07) is 5.66. The zero-order valence-corrected chi connectivity index (χ0v) is 24.1. The fourth-order valence-electron chi connectivity index (χ4n) is 7.94. The van der Waals surface area contributed by atoms with Crippen molar-refractivity contribution in [1.29, 1.82) is 0 Å². The molecule has 0 saturated carbocycles. The zero-order valence-electron chi connectivity index (χ0n) is 24.1. The number of hydrogen-bond acceptors (Lipinski definition) is 10. The number of likely N-dealkylation sites (N-methyl/N-ethyl adjacent to an activating group) is 1. The summed E-state index contributed by atoms with van der Waals surface area (Å²) in [6.07, 6.45) is -0.729. The van der Waals surface area contributed by atoms with Crippen LogP contribution in [-0.2, 0) is 16.0 Å². The smallest absolute Gasteiger partial charge is 0.261 e. The van der Waals surface area contributed by atoms with E-state index in [4.69, 9.17) is 4.74 Å². The minimum atomic E-state index is -1.17. The van der Waals surface area contributed by atoms with Crippen LogP contribution >= 0.6 is 0 Å². The van der Waals surface area contributed by atoms with E-state index in [1.54, 1.807) is 29.2 Å². The number of ketones is 2. The number of benzene rings is 2. The molecular weight excluding hydrogens is 554 g/mol. The first kappa shape index (κ1) is 27.5. The Hall–Kier alpha value is -4.32. The van der Waals surface area contributed by atoms with Gasteiger partial charge >= 0.3 is 0 Å². The van der Waals surface area contributed by atoms with Crippen molar-refractivity contribution < 1.29 is 39.2 Å². The SMILES string of the molecule is COc1c(C)cc2c(c1O)[C@@H]1[C@@H]3CC4=C(C(=O)C(=O)C(C)=C4O)[C@H](CN4C(=O)c5ccccc5C4=O)N3[C@@H](O)[C@H](C2)N1C. The van der Waals surface area contributed by atoms with Crippen molar-refractivity contribution in [1.82, 2.24) is 14.7 Å². The first-order valence-electron chi connectivity index (χ1n) is 14.2. The molecule has 11 nitrogen and oxygen atoms in total. The number of aromatic hydroxyl groups is 1. The number of aliphatic hydroxyl groups is 2. The van der Waals surface area contributed by atoms with E-state index in [1.807, 2.05) is 24.9 Å². The van der Waals surface area contributed by atoms with E-state index in [0.717, 1.165) is 16.0 Å². The Kier molecular flexibility index (Phi) is 5.97. The molecule has 7 rings (SSSR count). The first-order valence-corrected chi connectivity index (χ1v) is 14.2. The van der Waals surface area contributed by atoms with E-state index in [1.165, 1.54) is 14.0 Å². The number of piperazine rings is 1. The Morgan fingerprint density at radius 2 is 1.60 bits per heavy atom. The monoisotopic (exact) mass is 585 g/mol. The quantitative estimate of drug-likeness (QED) is 0.277. The van der Waals surface area contributed by atoms with Crippen molar-refractivity contribution in [3.63, 3.8) is 0 Å². The van der Waals surface area contributed by atoms with Crippen LogP contribution in [0.3, 0.4) is 0 Å². The van der Waals surface area contributed by atoms with Crippen LogP contribution in [0.25, 0.3) is 0 Å². The Balaban J connectivity index is 1.42. The average Bonchev–Trinajstić information content (AvgIpc) is 3.22. The second kappa shape index (κ2) is 9.34. The zero-order chi connectivity index (χ0) is 30.6. The highest BCUT2D eigenvalue weighted by Crippen LogP contribution is 2.53. The molecule has 2 bridgehead atoms. The number of aliphatic hydroxyl groups excluding tert-OH is 2. The molecule has 5 aliphatic rings. The number of rotatable bonds is 3. The molecule has 0 radical (unpaired) electrons. The Morgan fingerprint density at radius 1 is 0.953 bits per heavy atom. The average molecular weight is 586 g/mol. The van der Waals surface area contributed by atoms with Gasteiger partial charge in [0.2, 0.25) is 11.6 Å². The Bertz CT molecular complexity index is 1710. The molecule has 43 heavy (non-hydrogen) atoms. The third kappa shape index (κ3) is 3.52. The normalized spacial score (nSPS) is 28.7. The molecule has 222 valence electrons. The maximum atomic E-state index is 13.6. The van der Waals surface area contributed by atoms with Crippen LogP contribution in [0.2, 0.25) is 0 Å². The Labute approximate surface area is 247 Å².